The number of hydrogen-bond acceptors (Lipinski definition) is 6. The first kappa shape index (κ1) is 16.7. The number of anilines is 3. The molecule has 140 valence electrons. The van der Waals surface area contributed by atoms with E-state index in [4.69, 9.17) is 4.98 Å². The second-order valence-corrected chi connectivity index (χ2v) is 7.33. The number of rotatable bonds is 4. The topological polar surface area (TPSA) is 57.2 Å². The molecule has 1 saturated heterocycles. The van der Waals surface area contributed by atoms with Gasteiger partial charge in [-0.05, 0) is 37.6 Å². The molecule has 6 heteroatoms. The molecule has 0 radical (unpaired) electrons. The van der Waals surface area contributed by atoms with E-state index in [0.29, 0.717) is 6.04 Å². The van der Waals surface area contributed by atoms with Crippen LogP contribution >= 0.6 is 0 Å². The molecule has 1 fully saturated rings. The highest BCUT2D eigenvalue weighted by Crippen LogP contribution is 2.41. The number of pyridine rings is 1. The maximum atomic E-state index is 5.06. The fourth-order valence-corrected chi connectivity index (χ4v) is 4.10. The summed E-state index contributed by atoms with van der Waals surface area (Å²) in [6.07, 6.45) is 4.34. The molecule has 0 amide bonds. The number of nitrogens with zero attached hydrogens (tertiary/aromatic N) is 5. The Morgan fingerprint density at radius 3 is 2.96 bits per heavy atom. The SMILES string of the molecule is C=C(Nc1ccncn1)N1c2nc(-c3cccc(C)c3)ccc2N2CC[C@@H]1C2. The highest BCUT2D eigenvalue weighted by atomic mass is 15.4. The molecule has 1 aromatic carbocycles. The van der Waals surface area contributed by atoms with Crippen molar-refractivity contribution in [3.63, 3.8) is 0 Å². The zero-order valence-corrected chi connectivity index (χ0v) is 15.8. The van der Waals surface area contributed by atoms with Gasteiger partial charge in [0.05, 0.1) is 17.4 Å². The molecule has 4 heterocycles. The summed E-state index contributed by atoms with van der Waals surface area (Å²) in [5, 5.41) is 3.33. The first-order valence-electron chi connectivity index (χ1n) is 9.53. The minimum absolute atomic E-state index is 0.356. The van der Waals surface area contributed by atoms with Crippen LogP contribution in [0.5, 0.6) is 0 Å². The van der Waals surface area contributed by atoms with E-state index in [1.54, 1.807) is 6.20 Å². The van der Waals surface area contributed by atoms with Crippen LogP contribution in [0.4, 0.5) is 17.3 Å². The molecule has 2 aromatic heterocycles. The predicted octanol–water partition coefficient (Wildman–Crippen LogP) is 3.83. The summed E-state index contributed by atoms with van der Waals surface area (Å²) in [7, 11) is 0. The molecule has 1 atom stereocenters. The molecular weight excluding hydrogens is 348 g/mol. The normalized spacial score (nSPS) is 17.4. The number of aromatic nitrogens is 3. The van der Waals surface area contributed by atoms with E-state index in [0.717, 1.165) is 53.9 Å². The summed E-state index contributed by atoms with van der Waals surface area (Å²) >= 11 is 0. The molecule has 2 aliphatic rings. The lowest BCUT2D eigenvalue weighted by atomic mass is 10.1. The van der Waals surface area contributed by atoms with Gasteiger partial charge in [0, 0.05) is 24.8 Å². The maximum Gasteiger partial charge on any atom is 0.158 e. The van der Waals surface area contributed by atoms with Crippen LogP contribution in [0.15, 0.2) is 67.4 Å². The van der Waals surface area contributed by atoms with Gasteiger partial charge in [-0.15, -0.1) is 0 Å². The van der Waals surface area contributed by atoms with E-state index in [1.807, 2.05) is 6.07 Å². The number of nitrogens with one attached hydrogen (secondary N) is 1. The zero-order chi connectivity index (χ0) is 19.1. The summed E-state index contributed by atoms with van der Waals surface area (Å²) in [4.78, 5) is 18.0. The van der Waals surface area contributed by atoms with Crippen LogP contribution in [-0.4, -0.2) is 34.1 Å². The quantitative estimate of drug-likeness (QED) is 0.753. The summed E-state index contributed by atoms with van der Waals surface area (Å²) in [6.45, 7) is 8.44. The summed E-state index contributed by atoms with van der Waals surface area (Å²) in [6, 6.07) is 15.0. The van der Waals surface area contributed by atoms with Crippen LogP contribution in [0, 0.1) is 6.92 Å². The van der Waals surface area contributed by atoms with Crippen LogP contribution in [0.1, 0.15) is 12.0 Å². The average molecular weight is 370 g/mol. The Balaban J connectivity index is 1.54. The molecule has 0 saturated carbocycles. The molecule has 6 nitrogen and oxygen atoms in total. The zero-order valence-electron chi connectivity index (χ0n) is 15.8. The van der Waals surface area contributed by atoms with Crippen molar-refractivity contribution >= 4 is 17.3 Å². The monoisotopic (exact) mass is 370 g/mol. The van der Waals surface area contributed by atoms with Crippen molar-refractivity contribution in [2.24, 2.45) is 0 Å². The summed E-state index contributed by atoms with van der Waals surface area (Å²) in [5.74, 6) is 2.48. The Bertz CT molecular complexity index is 1030. The minimum atomic E-state index is 0.356. The van der Waals surface area contributed by atoms with Gasteiger partial charge in [0.15, 0.2) is 5.82 Å². The van der Waals surface area contributed by atoms with Gasteiger partial charge in [0.2, 0.25) is 0 Å². The third-order valence-corrected chi connectivity index (χ3v) is 5.41. The van der Waals surface area contributed by atoms with Gasteiger partial charge >= 0.3 is 0 Å². The Labute approximate surface area is 164 Å². The Morgan fingerprint density at radius 2 is 2.14 bits per heavy atom. The fourth-order valence-electron chi connectivity index (χ4n) is 4.10. The standard InChI is InChI=1S/C22H22N6/c1-15-4-3-5-17(12-15)19-6-7-20-22(26-19)28(18-9-11-27(20)13-18)16(2)25-21-8-10-23-14-24-21/h3-8,10,12,14,18H,2,9,11,13H2,1H3,(H,23,24,25)/t18-/m1/s1. The number of fused-ring (bicyclic) bond motifs is 4. The van der Waals surface area contributed by atoms with Crippen LogP contribution < -0.4 is 15.1 Å². The number of hydrogen-bond donors (Lipinski definition) is 1. The van der Waals surface area contributed by atoms with Gasteiger partial charge in [-0.1, -0.05) is 30.3 Å². The third-order valence-electron chi connectivity index (χ3n) is 5.41. The summed E-state index contributed by atoms with van der Waals surface area (Å²) < 4.78 is 0. The van der Waals surface area contributed by atoms with Crippen molar-refractivity contribution in [1.29, 1.82) is 0 Å². The molecule has 0 unspecified atom stereocenters. The van der Waals surface area contributed by atoms with Gasteiger partial charge in [-0.25, -0.2) is 15.0 Å². The minimum Gasteiger partial charge on any atom is -0.366 e. The van der Waals surface area contributed by atoms with Crippen LogP contribution in [0.25, 0.3) is 11.3 Å². The van der Waals surface area contributed by atoms with Crippen molar-refractivity contribution in [2.45, 2.75) is 19.4 Å². The van der Waals surface area contributed by atoms with Gasteiger partial charge in [0.25, 0.3) is 0 Å². The Kier molecular flexibility index (Phi) is 3.97. The third kappa shape index (κ3) is 2.87. The molecular formula is C22H22N6. The predicted molar refractivity (Wildman–Crippen MR) is 112 cm³/mol. The van der Waals surface area contributed by atoms with E-state index in [-0.39, 0.29) is 0 Å². The van der Waals surface area contributed by atoms with Crippen molar-refractivity contribution < 1.29 is 0 Å². The molecule has 2 aliphatic heterocycles. The van der Waals surface area contributed by atoms with E-state index >= 15 is 0 Å². The van der Waals surface area contributed by atoms with Gasteiger partial charge in [-0.3, -0.25) is 0 Å². The lowest BCUT2D eigenvalue weighted by molar-refractivity contribution is 0.676. The molecule has 2 bridgehead atoms. The van der Waals surface area contributed by atoms with Crippen molar-refractivity contribution in [1.82, 2.24) is 15.0 Å². The highest BCUT2D eigenvalue weighted by Gasteiger charge is 2.38. The lowest BCUT2D eigenvalue weighted by Gasteiger charge is -2.38. The number of benzene rings is 1. The summed E-state index contributed by atoms with van der Waals surface area (Å²) in [5.41, 5.74) is 4.50. The molecule has 5 rings (SSSR count). The number of aryl methyl sites for hydroxylation is 1. The van der Waals surface area contributed by atoms with E-state index in [9.17, 15) is 0 Å². The smallest absolute Gasteiger partial charge is 0.158 e. The van der Waals surface area contributed by atoms with Crippen molar-refractivity contribution in [3.8, 4) is 11.3 Å². The second-order valence-electron chi connectivity index (χ2n) is 7.33. The average Bonchev–Trinajstić information content (AvgIpc) is 3.13. The molecule has 28 heavy (non-hydrogen) atoms. The molecule has 0 spiro atoms. The van der Waals surface area contributed by atoms with E-state index in [1.165, 1.54) is 11.9 Å². The molecule has 0 aliphatic carbocycles. The largest absolute Gasteiger partial charge is 0.366 e. The fraction of sp³-hybridized carbons (Fsp3) is 0.227. The molecule has 3 aromatic rings. The maximum absolute atomic E-state index is 5.06. The molecule has 1 N–H and O–H groups in total. The Morgan fingerprint density at radius 1 is 1.21 bits per heavy atom. The Hall–Kier alpha value is -3.41. The highest BCUT2D eigenvalue weighted by molar-refractivity contribution is 5.78. The van der Waals surface area contributed by atoms with E-state index in [2.05, 4.69) is 75.0 Å². The lowest BCUT2D eigenvalue weighted by Crippen LogP contribution is -2.43. The van der Waals surface area contributed by atoms with Gasteiger partial charge in [0.1, 0.15) is 18.0 Å². The van der Waals surface area contributed by atoms with Gasteiger partial charge in [-0.2, -0.15) is 0 Å². The van der Waals surface area contributed by atoms with Crippen LogP contribution in [0.3, 0.4) is 0 Å². The van der Waals surface area contributed by atoms with E-state index < -0.39 is 0 Å². The van der Waals surface area contributed by atoms with Crippen LogP contribution in [-0.2, 0) is 0 Å². The van der Waals surface area contributed by atoms with Crippen molar-refractivity contribution in [3.05, 3.63) is 73.0 Å². The first-order chi connectivity index (χ1) is 13.7. The van der Waals surface area contributed by atoms with Crippen LogP contribution in [0.2, 0.25) is 0 Å². The van der Waals surface area contributed by atoms with Gasteiger partial charge < -0.3 is 15.1 Å². The second kappa shape index (κ2) is 6.64. The van der Waals surface area contributed by atoms with Crippen molar-refractivity contribution in [2.75, 3.05) is 28.2 Å². The first-order valence-corrected chi connectivity index (χ1v) is 9.53.